The van der Waals surface area contributed by atoms with Crippen LogP contribution in [0, 0.1) is 20.8 Å². The molecule has 0 aliphatic heterocycles. The summed E-state index contributed by atoms with van der Waals surface area (Å²) in [6.07, 6.45) is 0.573. The van der Waals surface area contributed by atoms with Gasteiger partial charge in [-0.1, -0.05) is 6.07 Å². The summed E-state index contributed by atoms with van der Waals surface area (Å²) in [6, 6.07) is 2.06. The van der Waals surface area contributed by atoms with Gasteiger partial charge in [-0.15, -0.1) is 0 Å². The van der Waals surface area contributed by atoms with E-state index in [1.807, 2.05) is 20.8 Å². The van der Waals surface area contributed by atoms with E-state index in [-0.39, 0.29) is 6.61 Å². The van der Waals surface area contributed by atoms with Gasteiger partial charge in [0.2, 0.25) is 0 Å². The molecule has 0 bridgehead atoms. The number of methoxy groups -OCH3 is 1. The van der Waals surface area contributed by atoms with Crippen molar-refractivity contribution in [1.29, 1.82) is 0 Å². The van der Waals surface area contributed by atoms with Gasteiger partial charge in [-0.3, -0.25) is 0 Å². The number of aliphatic hydroxyl groups is 2. The first-order valence-corrected chi connectivity index (χ1v) is 5.96. The van der Waals surface area contributed by atoms with E-state index in [0.717, 1.165) is 28.0 Å². The lowest BCUT2D eigenvalue weighted by Gasteiger charge is -2.20. The summed E-state index contributed by atoms with van der Waals surface area (Å²) in [5.41, 5.74) is 4.12. The van der Waals surface area contributed by atoms with Gasteiger partial charge in [0.15, 0.2) is 0 Å². The van der Waals surface area contributed by atoms with Gasteiger partial charge in [0.05, 0.1) is 13.2 Å². The molecule has 3 nitrogen and oxygen atoms in total. The second-order valence-corrected chi connectivity index (χ2v) is 4.46. The zero-order valence-corrected chi connectivity index (χ0v) is 11.1. The molecule has 0 spiro atoms. The maximum absolute atomic E-state index is 10.2. The average Bonchev–Trinajstić information content (AvgIpc) is 2.30. The van der Waals surface area contributed by atoms with Crippen molar-refractivity contribution in [3.05, 3.63) is 28.3 Å². The van der Waals surface area contributed by atoms with Crippen LogP contribution in [0.1, 0.15) is 41.2 Å². The van der Waals surface area contributed by atoms with Crippen molar-refractivity contribution >= 4 is 0 Å². The Morgan fingerprint density at radius 2 is 1.88 bits per heavy atom. The third kappa shape index (κ3) is 2.99. The smallest absolute Gasteiger partial charge is 0.128 e. The molecule has 17 heavy (non-hydrogen) atoms. The molecule has 2 N–H and O–H groups in total. The number of hydrogen-bond donors (Lipinski definition) is 2. The minimum absolute atomic E-state index is 0.100. The van der Waals surface area contributed by atoms with Gasteiger partial charge in [0.25, 0.3) is 0 Å². The van der Waals surface area contributed by atoms with Crippen molar-refractivity contribution in [3.8, 4) is 5.75 Å². The normalized spacial score (nSPS) is 12.6. The van der Waals surface area contributed by atoms with Gasteiger partial charge in [0, 0.05) is 12.2 Å². The molecule has 0 heterocycles. The number of hydrogen-bond acceptors (Lipinski definition) is 3. The summed E-state index contributed by atoms with van der Waals surface area (Å²) >= 11 is 0. The van der Waals surface area contributed by atoms with Crippen LogP contribution in [-0.2, 0) is 0 Å². The summed E-state index contributed by atoms with van der Waals surface area (Å²) < 4.78 is 5.42. The van der Waals surface area contributed by atoms with Crippen LogP contribution in [0.5, 0.6) is 5.75 Å². The Morgan fingerprint density at radius 1 is 1.24 bits per heavy atom. The fourth-order valence-electron chi connectivity index (χ4n) is 2.18. The third-order valence-electron chi connectivity index (χ3n) is 3.21. The number of rotatable bonds is 5. The number of aryl methyl sites for hydroxylation is 2. The summed E-state index contributed by atoms with van der Waals surface area (Å²) in [7, 11) is 1.63. The van der Waals surface area contributed by atoms with Crippen molar-refractivity contribution in [2.75, 3.05) is 13.7 Å². The molecule has 0 amide bonds. The molecule has 96 valence electrons. The Kier molecular flexibility index (Phi) is 4.97. The molecule has 1 atom stereocenters. The van der Waals surface area contributed by atoms with Gasteiger partial charge in [-0.2, -0.15) is 0 Å². The monoisotopic (exact) mass is 238 g/mol. The summed E-state index contributed by atoms with van der Waals surface area (Å²) in [5, 5.41) is 19.0. The maximum Gasteiger partial charge on any atom is 0.128 e. The molecule has 0 aliphatic rings. The summed E-state index contributed by atoms with van der Waals surface area (Å²) in [5.74, 6) is 0.771. The standard InChI is InChI=1S/C14H22O3/c1-9-8-10(2)13(12(16)6-5-7-15)14(17-4)11(9)3/h8,12,15-16H,5-7H2,1-4H3. The van der Waals surface area contributed by atoms with Crippen LogP contribution in [0.4, 0.5) is 0 Å². The molecule has 1 aromatic carbocycles. The zero-order valence-electron chi connectivity index (χ0n) is 11.1. The lowest BCUT2D eigenvalue weighted by molar-refractivity contribution is 0.147. The van der Waals surface area contributed by atoms with E-state index >= 15 is 0 Å². The van der Waals surface area contributed by atoms with Gasteiger partial charge in [-0.25, -0.2) is 0 Å². The van der Waals surface area contributed by atoms with Crippen molar-refractivity contribution < 1.29 is 14.9 Å². The molecule has 0 saturated carbocycles. The van der Waals surface area contributed by atoms with E-state index in [1.54, 1.807) is 7.11 Å². The molecule has 1 rings (SSSR count). The van der Waals surface area contributed by atoms with Gasteiger partial charge < -0.3 is 14.9 Å². The van der Waals surface area contributed by atoms with E-state index in [2.05, 4.69) is 6.07 Å². The topological polar surface area (TPSA) is 49.7 Å². The van der Waals surface area contributed by atoms with E-state index in [0.29, 0.717) is 12.8 Å². The Labute approximate surface area is 103 Å². The first-order valence-electron chi connectivity index (χ1n) is 5.96. The predicted molar refractivity (Wildman–Crippen MR) is 68.5 cm³/mol. The van der Waals surface area contributed by atoms with Crippen LogP contribution in [0.15, 0.2) is 6.07 Å². The highest BCUT2D eigenvalue weighted by atomic mass is 16.5. The predicted octanol–water partition coefficient (Wildman–Crippen LogP) is 2.43. The van der Waals surface area contributed by atoms with Crippen molar-refractivity contribution in [1.82, 2.24) is 0 Å². The van der Waals surface area contributed by atoms with Gasteiger partial charge in [-0.05, 0) is 50.3 Å². The fourth-order valence-corrected chi connectivity index (χ4v) is 2.18. The number of benzene rings is 1. The number of aliphatic hydroxyl groups excluding tert-OH is 2. The highest BCUT2D eigenvalue weighted by Gasteiger charge is 2.18. The number of ether oxygens (including phenoxy) is 1. The molecular formula is C14H22O3. The quantitative estimate of drug-likeness (QED) is 0.828. The van der Waals surface area contributed by atoms with Crippen molar-refractivity contribution in [2.24, 2.45) is 0 Å². The minimum Gasteiger partial charge on any atom is -0.496 e. The molecule has 0 saturated heterocycles. The molecule has 1 aromatic rings. The Morgan fingerprint density at radius 3 is 2.41 bits per heavy atom. The molecule has 0 aromatic heterocycles. The molecular weight excluding hydrogens is 216 g/mol. The van der Waals surface area contributed by atoms with E-state index in [4.69, 9.17) is 9.84 Å². The summed E-state index contributed by atoms with van der Waals surface area (Å²) in [6.45, 7) is 6.11. The Hall–Kier alpha value is -1.06. The highest BCUT2D eigenvalue weighted by Crippen LogP contribution is 2.35. The van der Waals surface area contributed by atoms with Crippen LogP contribution >= 0.6 is 0 Å². The second-order valence-electron chi connectivity index (χ2n) is 4.46. The zero-order chi connectivity index (χ0) is 13.0. The minimum atomic E-state index is -0.573. The van der Waals surface area contributed by atoms with Crippen LogP contribution in [0.25, 0.3) is 0 Å². The van der Waals surface area contributed by atoms with E-state index in [1.165, 1.54) is 0 Å². The van der Waals surface area contributed by atoms with Crippen LogP contribution in [0.2, 0.25) is 0 Å². The second kappa shape index (κ2) is 6.03. The fraction of sp³-hybridized carbons (Fsp3) is 0.571. The Bertz CT molecular complexity index is 386. The Balaban J connectivity index is 3.17. The highest BCUT2D eigenvalue weighted by molar-refractivity contribution is 5.50. The first kappa shape index (κ1) is 14.0. The maximum atomic E-state index is 10.2. The molecule has 0 fully saturated rings. The molecule has 0 radical (unpaired) electrons. The molecule has 3 heteroatoms. The van der Waals surface area contributed by atoms with Gasteiger partial charge in [0.1, 0.15) is 5.75 Å². The van der Waals surface area contributed by atoms with E-state index in [9.17, 15) is 5.11 Å². The average molecular weight is 238 g/mol. The van der Waals surface area contributed by atoms with Crippen molar-refractivity contribution in [2.45, 2.75) is 39.7 Å². The van der Waals surface area contributed by atoms with Crippen LogP contribution in [0.3, 0.4) is 0 Å². The summed E-state index contributed by atoms with van der Waals surface area (Å²) in [4.78, 5) is 0. The van der Waals surface area contributed by atoms with Crippen LogP contribution < -0.4 is 4.74 Å². The lowest BCUT2D eigenvalue weighted by Crippen LogP contribution is -2.06. The first-order chi connectivity index (χ1) is 8.02. The third-order valence-corrected chi connectivity index (χ3v) is 3.21. The molecule has 0 aliphatic carbocycles. The lowest BCUT2D eigenvalue weighted by atomic mass is 9.93. The van der Waals surface area contributed by atoms with Gasteiger partial charge >= 0.3 is 0 Å². The van der Waals surface area contributed by atoms with Crippen LogP contribution in [-0.4, -0.2) is 23.9 Å². The van der Waals surface area contributed by atoms with Crippen molar-refractivity contribution in [3.63, 3.8) is 0 Å². The molecule has 1 unspecified atom stereocenters. The SMILES string of the molecule is COc1c(C)c(C)cc(C)c1C(O)CCCO. The largest absolute Gasteiger partial charge is 0.496 e. The van der Waals surface area contributed by atoms with E-state index < -0.39 is 6.10 Å².